The van der Waals surface area contributed by atoms with Gasteiger partial charge in [-0.2, -0.15) is 0 Å². The summed E-state index contributed by atoms with van der Waals surface area (Å²) in [5.74, 6) is 0.753. The number of hydrogen-bond acceptors (Lipinski definition) is 11. The summed E-state index contributed by atoms with van der Waals surface area (Å²) < 4.78 is 23.2. The first kappa shape index (κ1) is 31.7. The van der Waals surface area contributed by atoms with Gasteiger partial charge in [0.2, 0.25) is 0 Å². The quantitative estimate of drug-likeness (QED) is 0.0723. The molecule has 15 nitrogen and oxygen atoms in total. The summed E-state index contributed by atoms with van der Waals surface area (Å²) in [6, 6.07) is 18.4. The number of rotatable bonds is 9. The fourth-order valence-electron chi connectivity index (χ4n) is 5.59. The zero-order valence-corrected chi connectivity index (χ0v) is 26.0. The Kier molecular flexibility index (Phi) is 8.24. The van der Waals surface area contributed by atoms with Crippen LogP contribution >= 0.6 is 12.2 Å². The van der Waals surface area contributed by atoms with Crippen molar-refractivity contribution in [3.8, 4) is 23.0 Å². The van der Waals surface area contributed by atoms with Gasteiger partial charge in [0.15, 0.2) is 10.7 Å². The third-order valence-corrected chi connectivity index (χ3v) is 8.01. The van der Waals surface area contributed by atoms with Gasteiger partial charge in [-0.05, 0) is 48.6 Å². The molecule has 2 heterocycles. The summed E-state index contributed by atoms with van der Waals surface area (Å²) >= 11 is 5.39. The first-order valence-corrected chi connectivity index (χ1v) is 14.6. The number of amides is 1. The molecule has 48 heavy (non-hydrogen) atoms. The van der Waals surface area contributed by atoms with Crippen LogP contribution in [0.2, 0.25) is 0 Å². The number of esters is 1. The summed E-state index contributed by atoms with van der Waals surface area (Å²) in [5, 5.41) is 30.9. The van der Waals surface area contributed by atoms with E-state index in [0.717, 1.165) is 18.2 Å². The topological polar surface area (TPSA) is 193 Å². The van der Waals surface area contributed by atoms with E-state index < -0.39 is 38.7 Å². The lowest BCUT2D eigenvalue weighted by molar-refractivity contribution is -0.394. The molecule has 2 aliphatic heterocycles. The van der Waals surface area contributed by atoms with Crippen LogP contribution in [0.5, 0.6) is 23.0 Å². The predicted octanol–water partition coefficient (Wildman–Crippen LogP) is 4.80. The number of fused-ring (bicyclic) bond motifs is 6. The molecule has 1 amide bonds. The number of methoxy groups -OCH3 is 2. The highest BCUT2D eigenvalue weighted by Crippen LogP contribution is 2.57. The average Bonchev–Trinajstić information content (AvgIpc) is 3.37. The molecule has 0 fully saturated rings. The number of non-ortho nitro benzene ring substituents is 2. The monoisotopic (exact) mass is 671 g/mol. The first-order chi connectivity index (χ1) is 23.0. The number of carbonyl (C=O) groups is 2. The molecular weight excluding hydrogens is 646 g/mol. The fraction of sp³-hybridized carbons (Fsp3) is 0.156. The second-order valence-corrected chi connectivity index (χ2v) is 11.0. The molecule has 0 aliphatic carbocycles. The SMILES string of the molecule is COc1ccc2c(c1)Oc1cc(OC)ccc1C21OC(=O)c2cc(NC(=S)NCCNC(=O)c3cc([N+](=O)[O-])cc([N+](=O)[O-])c3)ccc21. The lowest BCUT2D eigenvalue weighted by Crippen LogP contribution is -2.36. The van der Waals surface area contributed by atoms with Crippen LogP contribution in [-0.2, 0) is 10.3 Å². The van der Waals surface area contributed by atoms with Gasteiger partial charge in [-0.15, -0.1) is 0 Å². The van der Waals surface area contributed by atoms with Crippen LogP contribution in [0.1, 0.15) is 37.4 Å². The molecule has 4 aromatic carbocycles. The number of nitrogens with one attached hydrogen (secondary N) is 3. The van der Waals surface area contributed by atoms with Gasteiger partial charge in [-0.1, -0.05) is 6.07 Å². The lowest BCUT2D eigenvalue weighted by Gasteiger charge is -2.36. The van der Waals surface area contributed by atoms with Gasteiger partial charge in [0.25, 0.3) is 17.3 Å². The average molecular weight is 672 g/mol. The van der Waals surface area contributed by atoms with E-state index in [1.54, 1.807) is 68.8 Å². The molecular formula is C32H25N5O10S. The van der Waals surface area contributed by atoms with Gasteiger partial charge in [0, 0.05) is 59.7 Å². The third kappa shape index (κ3) is 5.64. The first-order valence-electron chi connectivity index (χ1n) is 14.2. The molecule has 2 aliphatic rings. The van der Waals surface area contributed by atoms with Gasteiger partial charge in [-0.25, -0.2) is 4.79 Å². The smallest absolute Gasteiger partial charge is 0.340 e. The van der Waals surface area contributed by atoms with Crippen LogP contribution in [0.15, 0.2) is 72.8 Å². The van der Waals surface area contributed by atoms with Gasteiger partial charge >= 0.3 is 5.97 Å². The lowest BCUT2D eigenvalue weighted by atomic mass is 9.77. The Morgan fingerprint density at radius 1 is 0.812 bits per heavy atom. The number of hydrogen-bond donors (Lipinski definition) is 3. The van der Waals surface area contributed by atoms with Crippen molar-refractivity contribution < 1.29 is 38.4 Å². The Labute approximate surface area is 277 Å². The predicted molar refractivity (Wildman–Crippen MR) is 174 cm³/mol. The molecule has 0 radical (unpaired) electrons. The van der Waals surface area contributed by atoms with Crippen LogP contribution < -0.4 is 30.2 Å². The number of nitro groups is 2. The van der Waals surface area contributed by atoms with Gasteiger partial charge in [-0.3, -0.25) is 25.0 Å². The van der Waals surface area contributed by atoms with Gasteiger partial charge in [0.1, 0.15) is 23.0 Å². The molecule has 16 heteroatoms. The Morgan fingerprint density at radius 3 is 1.94 bits per heavy atom. The number of anilines is 1. The molecule has 3 N–H and O–H groups in total. The van der Waals surface area contributed by atoms with E-state index in [2.05, 4.69) is 16.0 Å². The number of thiocarbonyl (C=S) groups is 1. The number of nitrogens with zero attached hydrogens (tertiary/aromatic N) is 2. The van der Waals surface area contributed by atoms with Crippen molar-refractivity contribution in [2.45, 2.75) is 5.60 Å². The molecule has 4 aromatic rings. The zero-order chi connectivity index (χ0) is 34.2. The molecule has 1 spiro atoms. The van der Waals surface area contributed by atoms with Crippen LogP contribution in [0.25, 0.3) is 0 Å². The minimum atomic E-state index is -1.30. The number of benzene rings is 4. The standard InChI is InChI=1S/C32H25N5O10S/c1-44-21-4-7-25-27(15-21)46-28-16-22(45-2)5-8-26(28)32(25)24-6-3-18(13-23(24)30(39)47-32)35-31(48)34-10-9-33-29(38)17-11-19(36(40)41)14-20(12-17)37(42)43/h3-8,11-16H,9-10H2,1-2H3,(H,33,38)(H2,34,35,48). The summed E-state index contributed by atoms with van der Waals surface area (Å²) in [5.41, 5.74) is -0.0460. The minimum Gasteiger partial charge on any atom is -0.497 e. The van der Waals surface area contributed by atoms with Gasteiger partial charge in [0.05, 0.1) is 41.3 Å². The molecule has 244 valence electrons. The van der Waals surface area contributed by atoms with Crippen molar-refractivity contribution in [1.29, 1.82) is 0 Å². The van der Waals surface area contributed by atoms with Crippen molar-refractivity contribution in [2.75, 3.05) is 32.6 Å². The Balaban J connectivity index is 1.17. The number of ether oxygens (including phenoxy) is 4. The summed E-state index contributed by atoms with van der Waals surface area (Å²) in [6.07, 6.45) is 0. The summed E-state index contributed by atoms with van der Waals surface area (Å²) in [4.78, 5) is 46.6. The van der Waals surface area contributed by atoms with E-state index in [1.165, 1.54) is 0 Å². The van der Waals surface area contributed by atoms with Crippen molar-refractivity contribution in [3.05, 3.63) is 121 Å². The Bertz CT molecular complexity index is 1950. The molecule has 0 atom stereocenters. The van der Waals surface area contributed by atoms with E-state index in [-0.39, 0.29) is 23.8 Å². The summed E-state index contributed by atoms with van der Waals surface area (Å²) in [6.45, 7) is 0.178. The zero-order valence-electron chi connectivity index (χ0n) is 25.2. The number of nitro benzene ring substituents is 2. The van der Waals surface area contributed by atoms with E-state index in [0.29, 0.717) is 50.9 Å². The number of carbonyl (C=O) groups excluding carboxylic acids is 2. The fourth-order valence-corrected chi connectivity index (χ4v) is 5.81. The molecule has 0 bridgehead atoms. The van der Waals surface area contributed by atoms with E-state index in [1.807, 2.05) is 0 Å². The summed E-state index contributed by atoms with van der Waals surface area (Å²) in [7, 11) is 3.09. The minimum absolute atomic E-state index is 0.0344. The highest BCUT2D eigenvalue weighted by Gasteiger charge is 2.53. The largest absolute Gasteiger partial charge is 0.497 e. The van der Waals surface area contributed by atoms with Crippen molar-refractivity contribution in [1.82, 2.24) is 10.6 Å². The molecule has 0 aromatic heterocycles. The van der Waals surface area contributed by atoms with Crippen molar-refractivity contribution in [2.24, 2.45) is 0 Å². The van der Waals surface area contributed by atoms with Crippen molar-refractivity contribution in [3.63, 3.8) is 0 Å². The highest BCUT2D eigenvalue weighted by molar-refractivity contribution is 7.80. The molecule has 0 saturated heterocycles. The van der Waals surface area contributed by atoms with E-state index in [4.69, 9.17) is 31.2 Å². The van der Waals surface area contributed by atoms with Crippen LogP contribution in [0.3, 0.4) is 0 Å². The van der Waals surface area contributed by atoms with Crippen LogP contribution in [-0.4, -0.2) is 54.1 Å². The molecule has 0 unspecified atom stereocenters. The Hall–Kier alpha value is -6.29. The van der Waals surface area contributed by atoms with Crippen LogP contribution in [0, 0.1) is 20.2 Å². The van der Waals surface area contributed by atoms with Gasteiger partial charge < -0.3 is 34.9 Å². The second kappa shape index (κ2) is 12.5. The maximum atomic E-state index is 13.4. The van der Waals surface area contributed by atoms with Crippen molar-refractivity contribution >= 4 is 46.3 Å². The normalized spacial score (nSPS) is 13.2. The molecule has 6 rings (SSSR count). The molecule has 0 saturated carbocycles. The highest BCUT2D eigenvalue weighted by atomic mass is 32.1. The third-order valence-electron chi connectivity index (χ3n) is 7.76. The van der Waals surface area contributed by atoms with E-state index in [9.17, 15) is 29.8 Å². The van der Waals surface area contributed by atoms with Crippen LogP contribution in [0.4, 0.5) is 17.1 Å². The van der Waals surface area contributed by atoms with E-state index >= 15 is 0 Å². The maximum Gasteiger partial charge on any atom is 0.340 e. The second-order valence-electron chi connectivity index (χ2n) is 10.5. The Morgan fingerprint density at radius 2 is 1.38 bits per heavy atom. The maximum absolute atomic E-state index is 13.4.